The molecule has 1 saturated heterocycles. The molecule has 4 amide bonds. The lowest BCUT2D eigenvalue weighted by Crippen LogP contribution is -2.31. The Morgan fingerprint density at radius 3 is 2.29 bits per heavy atom. The molecule has 0 bridgehead atoms. The molecule has 1 aliphatic heterocycles. The van der Waals surface area contributed by atoms with Gasteiger partial charge >= 0.3 is 0 Å². The van der Waals surface area contributed by atoms with Crippen LogP contribution < -0.4 is 25.0 Å². The molecule has 1 unspecified atom stereocenters. The minimum Gasteiger partial charge on any atom is -0.494 e. The van der Waals surface area contributed by atoms with Crippen molar-refractivity contribution in [3.8, 4) is 11.5 Å². The largest absolute Gasteiger partial charge is 0.494 e. The lowest BCUT2D eigenvalue weighted by molar-refractivity contribution is -0.121. The Balaban J connectivity index is 1.26. The summed E-state index contributed by atoms with van der Waals surface area (Å²) in [4.78, 5) is 54.6. The van der Waals surface area contributed by atoms with E-state index in [9.17, 15) is 19.2 Å². The van der Waals surface area contributed by atoms with Gasteiger partial charge in [-0.3, -0.25) is 19.2 Å². The first kappa shape index (κ1) is 34.0. The highest BCUT2D eigenvalue weighted by molar-refractivity contribution is 8.00. The zero-order valence-corrected chi connectivity index (χ0v) is 27.6. The van der Waals surface area contributed by atoms with E-state index in [1.807, 2.05) is 19.1 Å². The maximum atomic E-state index is 13.5. The van der Waals surface area contributed by atoms with Crippen molar-refractivity contribution in [1.29, 1.82) is 0 Å². The van der Waals surface area contributed by atoms with E-state index in [0.717, 1.165) is 17.7 Å². The van der Waals surface area contributed by atoms with Gasteiger partial charge in [-0.15, -0.1) is 11.8 Å². The van der Waals surface area contributed by atoms with Crippen molar-refractivity contribution < 1.29 is 28.7 Å². The lowest BCUT2D eigenvalue weighted by Gasteiger charge is -2.16. The fourth-order valence-electron chi connectivity index (χ4n) is 4.96. The molecular weight excluding hydrogens is 627 g/mol. The van der Waals surface area contributed by atoms with Gasteiger partial charge in [-0.05, 0) is 86.2 Å². The van der Waals surface area contributed by atoms with Crippen LogP contribution in [0.5, 0.6) is 11.5 Å². The Labute approximate surface area is 284 Å². The fraction of sp³-hybridized carbons (Fsp3) is 0.211. The van der Waals surface area contributed by atoms with Crippen LogP contribution in [0.1, 0.15) is 49.0 Å². The zero-order valence-electron chi connectivity index (χ0n) is 26.8. The SMILES string of the molecule is CCCCOc1ccc(N2C(=O)CC(Sc3ccc(NC(=O)/C(=C/c4ccccc4OCC)NC(=O)c4ccccc4)cc3)C2=O)cc1. The molecule has 0 aliphatic carbocycles. The first-order valence-corrected chi connectivity index (χ1v) is 16.7. The number of hydrogen-bond donors (Lipinski definition) is 2. The van der Waals surface area contributed by atoms with Crippen LogP contribution in [0.3, 0.4) is 0 Å². The number of hydrogen-bond acceptors (Lipinski definition) is 7. The first-order valence-electron chi connectivity index (χ1n) is 15.8. The van der Waals surface area contributed by atoms with E-state index in [0.29, 0.717) is 47.2 Å². The van der Waals surface area contributed by atoms with E-state index in [-0.39, 0.29) is 23.9 Å². The predicted octanol–water partition coefficient (Wildman–Crippen LogP) is 7.10. The van der Waals surface area contributed by atoms with Crippen molar-refractivity contribution in [2.45, 2.75) is 43.3 Å². The highest BCUT2D eigenvalue weighted by Gasteiger charge is 2.40. The van der Waals surface area contributed by atoms with Gasteiger partial charge in [0.05, 0.1) is 24.2 Å². The summed E-state index contributed by atoms with van der Waals surface area (Å²) >= 11 is 1.29. The molecule has 0 spiro atoms. The van der Waals surface area contributed by atoms with Crippen LogP contribution in [0.2, 0.25) is 0 Å². The molecule has 9 nitrogen and oxygen atoms in total. The predicted molar refractivity (Wildman–Crippen MR) is 188 cm³/mol. The summed E-state index contributed by atoms with van der Waals surface area (Å²) in [6.07, 6.45) is 3.64. The first-order chi connectivity index (χ1) is 23.4. The second kappa shape index (κ2) is 16.5. The molecule has 48 heavy (non-hydrogen) atoms. The molecule has 5 rings (SSSR count). The Bertz CT molecular complexity index is 1770. The number of unbranched alkanes of at least 4 members (excludes halogenated alkanes) is 1. The number of anilines is 2. The summed E-state index contributed by atoms with van der Waals surface area (Å²) in [6, 6.07) is 29.8. The van der Waals surface area contributed by atoms with E-state index in [1.54, 1.807) is 97.1 Å². The number of nitrogens with zero attached hydrogens (tertiary/aromatic N) is 1. The number of carbonyl (C=O) groups excluding carboxylic acids is 4. The van der Waals surface area contributed by atoms with Gasteiger partial charge in [0.2, 0.25) is 11.8 Å². The van der Waals surface area contributed by atoms with Crippen molar-refractivity contribution >= 4 is 52.8 Å². The number of imide groups is 1. The number of nitrogens with one attached hydrogen (secondary N) is 2. The number of rotatable bonds is 14. The fourth-order valence-corrected chi connectivity index (χ4v) is 6.01. The van der Waals surface area contributed by atoms with Crippen molar-refractivity contribution in [2.24, 2.45) is 0 Å². The molecule has 1 aliphatic rings. The average molecular weight is 664 g/mol. The molecule has 0 radical (unpaired) electrons. The van der Waals surface area contributed by atoms with Crippen molar-refractivity contribution in [1.82, 2.24) is 5.32 Å². The van der Waals surface area contributed by atoms with Gasteiger partial charge in [0.25, 0.3) is 11.8 Å². The molecule has 1 heterocycles. The molecule has 1 atom stereocenters. The maximum Gasteiger partial charge on any atom is 0.272 e. The summed E-state index contributed by atoms with van der Waals surface area (Å²) in [6.45, 7) is 5.01. The topological polar surface area (TPSA) is 114 Å². The summed E-state index contributed by atoms with van der Waals surface area (Å²) < 4.78 is 11.4. The summed E-state index contributed by atoms with van der Waals surface area (Å²) in [5.74, 6) is -0.228. The third-order valence-corrected chi connectivity index (χ3v) is 8.60. The van der Waals surface area contributed by atoms with E-state index in [2.05, 4.69) is 17.6 Å². The maximum absolute atomic E-state index is 13.5. The molecule has 10 heteroatoms. The van der Waals surface area contributed by atoms with Gasteiger partial charge in [0.15, 0.2) is 0 Å². The van der Waals surface area contributed by atoms with Crippen LogP contribution in [-0.4, -0.2) is 42.1 Å². The third kappa shape index (κ3) is 8.71. The van der Waals surface area contributed by atoms with Gasteiger partial charge in [0, 0.05) is 28.1 Å². The van der Waals surface area contributed by atoms with E-state index >= 15 is 0 Å². The van der Waals surface area contributed by atoms with E-state index in [4.69, 9.17) is 9.47 Å². The standard InChI is InChI=1S/C38H37N3O6S/c1-3-5-23-47-30-19-17-29(18-20-30)41-35(42)25-34(38(41)45)48-31-21-15-28(16-22-31)39-37(44)32(40-36(43)26-11-7-6-8-12-26)24-27-13-9-10-14-33(27)46-4-2/h6-22,24,34H,3-5,23,25H2,1-2H3,(H,39,44)(H,40,43)/b32-24-. The highest BCUT2D eigenvalue weighted by atomic mass is 32.2. The van der Waals surface area contributed by atoms with Crippen LogP contribution in [0.25, 0.3) is 6.08 Å². The Kier molecular flexibility index (Phi) is 11.7. The van der Waals surface area contributed by atoms with Crippen molar-refractivity contribution in [2.75, 3.05) is 23.4 Å². The van der Waals surface area contributed by atoms with E-state index in [1.165, 1.54) is 16.7 Å². The molecule has 4 aromatic rings. The van der Waals surface area contributed by atoms with Gasteiger partial charge in [-0.2, -0.15) is 0 Å². The summed E-state index contributed by atoms with van der Waals surface area (Å²) in [5.41, 5.74) is 2.07. The van der Waals surface area contributed by atoms with Crippen LogP contribution in [0.4, 0.5) is 11.4 Å². The normalized spacial score (nSPS) is 14.5. The van der Waals surface area contributed by atoms with Gasteiger partial charge in [0.1, 0.15) is 17.2 Å². The van der Waals surface area contributed by atoms with Crippen LogP contribution in [0, 0.1) is 0 Å². The number of ether oxygens (including phenoxy) is 2. The van der Waals surface area contributed by atoms with Gasteiger partial charge in [-0.1, -0.05) is 49.7 Å². The smallest absolute Gasteiger partial charge is 0.272 e. The summed E-state index contributed by atoms with van der Waals surface area (Å²) in [5, 5.41) is 5.01. The average Bonchev–Trinajstić information content (AvgIpc) is 3.38. The van der Waals surface area contributed by atoms with Gasteiger partial charge in [-0.25, -0.2) is 4.90 Å². The number of carbonyl (C=O) groups is 4. The second-order valence-corrected chi connectivity index (χ2v) is 12.2. The minimum absolute atomic E-state index is 0.0326. The van der Waals surface area contributed by atoms with E-state index < -0.39 is 17.1 Å². The number of thioether (sulfide) groups is 1. The second-order valence-electron chi connectivity index (χ2n) is 10.9. The number of benzene rings is 4. The highest BCUT2D eigenvalue weighted by Crippen LogP contribution is 2.35. The molecule has 0 aromatic heterocycles. The lowest BCUT2D eigenvalue weighted by atomic mass is 10.1. The number of amides is 4. The molecule has 246 valence electrons. The molecule has 4 aromatic carbocycles. The van der Waals surface area contributed by atoms with Crippen LogP contribution in [0.15, 0.2) is 114 Å². The Morgan fingerprint density at radius 2 is 1.58 bits per heavy atom. The van der Waals surface area contributed by atoms with Crippen molar-refractivity contribution in [3.05, 3.63) is 120 Å². The quantitative estimate of drug-likeness (QED) is 0.0841. The molecule has 1 fully saturated rings. The Morgan fingerprint density at radius 1 is 0.875 bits per heavy atom. The van der Waals surface area contributed by atoms with Crippen molar-refractivity contribution in [3.63, 3.8) is 0 Å². The summed E-state index contributed by atoms with van der Waals surface area (Å²) in [7, 11) is 0. The molecule has 2 N–H and O–H groups in total. The third-order valence-electron chi connectivity index (χ3n) is 7.40. The zero-order chi connectivity index (χ0) is 33.9. The van der Waals surface area contributed by atoms with Crippen LogP contribution >= 0.6 is 11.8 Å². The monoisotopic (exact) mass is 663 g/mol. The van der Waals surface area contributed by atoms with Gasteiger partial charge < -0.3 is 20.1 Å². The van der Waals surface area contributed by atoms with Crippen LogP contribution in [-0.2, 0) is 14.4 Å². The molecular formula is C38H37N3O6S. The molecule has 0 saturated carbocycles. The minimum atomic E-state index is -0.577. The Hall–Kier alpha value is -5.35. The number of para-hydroxylation sites is 1.